The van der Waals surface area contributed by atoms with E-state index in [0.29, 0.717) is 0 Å². The van der Waals surface area contributed by atoms with E-state index in [1.807, 2.05) is 0 Å². The van der Waals surface area contributed by atoms with Gasteiger partial charge in [-0.25, -0.2) is 4.79 Å². The zero-order valence-corrected chi connectivity index (χ0v) is 7.69. The highest BCUT2D eigenvalue weighted by Crippen LogP contribution is 2.12. The number of benzene rings is 1. The Balaban J connectivity index is 2.91. The van der Waals surface area contributed by atoms with Gasteiger partial charge < -0.3 is 9.29 Å². The number of hydrogen-bond acceptors (Lipinski definition) is 5. The van der Waals surface area contributed by atoms with Crippen LogP contribution in [0, 0.1) is 0 Å². The van der Waals surface area contributed by atoms with Gasteiger partial charge >= 0.3 is 16.3 Å². The molecule has 0 spiro atoms. The molecule has 0 saturated carbocycles. The smallest absolute Gasteiger partial charge is 0.382 e. The molecule has 0 unspecified atom stereocenters. The van der Waals surface area contributed by atoms with E-state index in [4.69, 9.17) is 5.11 Å². The highest BCUT2D eigenvalue weighted by Gasteiger charge is 2.14. The fraction of sp³-hybridized carbons (Fsp3) is 0. The van der Waals surface area contributed by atoms with Crippen molar-refractivity contribution in [2.24, 2.45) is 5.14 Å². The Morgan fingerprint density at radius 3 is 2.57 bits per heavy atom. The van der Waals surface area contributed by atoms with Crippen molar-refractivity contribution >= 4 is 16.3 Å². The van der Waals surface area contributed by atoms with E-state index in [9.17, 15) is 13.2 Å². The average molecular weight is 217 g/mol. The van der Waals surface area contributed by atoms with Gasteiger partial charge in [0.2, 0.25) is 0 Å². The van der Waals surface area contributed by atoms with Crippen molar-refractivity contribution in [2.75, 3.05) is 0 Å². The van der Waals surface area contributed by atoms with Gasteiger partial charge in [0.05, 0.1) is 5.56 Å². The summed E-state index contributed by atoms with van der Waals surface area (Å²) in [4.78, 5) is 11.0. The predicted octanol–water partition coefficient (Wildman–Crippen LogP) is -0.248. The van der Waals surface area contributed by atoms with Crippen molar-refractivity contribution in [3.05, 3.63) is 29.8 Å². The summed E-state index contributed by atoms with van der Waals surface area (Å²) in [5.41, 5.74) is -0.0981. The number of nitrogens with two attached hydrogens (primary N) is 1. The summed E-state index contributed by atoms with van der Waals surface area (Å²) < 4.78 is 24.6. The number of aromatic hydroxyl groups is 1. The van der Waals surface area contributed by atoms with Crippen LogP contribution >= 0.6 is 0 Å². The molecule has 0 bridgehead atoms. The summed E-state index contributed by atoms with van der Waals surface area (Å²) >= 11 is 0. The van der Waals surface area contributed by atoms with E-state index in [2.05, 4.69) is 9.32 Å². The van der Waals surface area contributed by atoms with Gasteiger partial charge in [-0.1, -0.05) is 6.07 Å². The molecule has 1 aromatic carbocycles. The van der Waals surface area contributed by atoms with Gasteiger partial charge in [0, 0.05) is 0 Å². The van der Waals surface area contributed by atoms with Crippen LogP contribution in [0.2, 0.25) is 0 Å². The van der Waals surface area contributed by atoms with E-state index < -0.39 is 16.3 Å². The van der Waals surface area contributed by atoms with Crippen LogP contribution in [0.25, 0.3) is 0 Å². The second kappa shape index (κ2) is 3.64. The predicted molar refractivity (Wildman–Crippen MR) is 46.6 cm³/mol. The topological polar surface area (TPSA) is 107 Å². The lowest BCUT2D eigenvalue weighted by Gasteiger charge is -2.00. The third kappa shape index (κ3) is 3.04. The van der Waals surface area contributed by atoms with Crippen molar-refractivity contribution < 1.29 is 22.5 Å². The first kappa shape index (κ1) is 10.5. The van der Waals surface area contributed by atoms with Crippen molar-refractivity contribution in [3.8, 4) is 5.75 Å². The second-order valence-electron chi connectivity index (χ2n) is 2.41. The molecule has 6 nitrogen and oxygen atoms in total. The van der Waals surface area contributed by atoms with Crippen LogP contribution in [0.1, 0.15) is 10.4 Å². The molecule has 0 aromatic heterocycles. The lowest BCUT2D eigenvalue weighted by Crippen LogP contribution is -2.20. The molecule has 14 heavy (non-hydrogen) atoms. The minimum atomic E-state index is -4.32. The molecule has 0 heterocycles. The molecule has 0 fully saturated rings. The monoisotopic (exact) mass is 217 g/mol. The van der Waals surface area contributed by atoms with E-state index in [0.717, 1.165) is 6.07 Å². The third-order valence-electron chi connectivity index (χ3n) is 1.27. The van der Waals surface area contributed by atoms with Crippen LogP contribution in [0.5, 0.6) is 5.75 Å². The van der Waals surface area contributed by atoms with Crippen LogP contribution in [-0.4, -0.2) is 19.5 Å². The summed E-state index contributed by atoms with van der Waals surface area (Å²) in [7, 11) is -4.32. The maximum absolute atomic E-state index is 11.0. The molecular formula is C7H7NO5S. The standard InChI is InChI=1S/C7H7NO5S/c8-14(11,12)13-7(10)5-2-1-3-6(9)4-5/h1-4,9H,(H2,8,11,12). The molecule has 1 aromatic rings. The van der Waals surface area contributed by atoms with Crippen LogP contribution in [0.4, 0.5) is 0 Å². The summed E-state index contributed by atoms with van der Waals surface area (Å²) in [6.45, 7) is 0. The first-order chi connectivity index (χ1) is 6.38. The van der Waals surface area contributed by atoms with Crippen LogP contribution in [-0.2, 0) is 14.5 Å². The summed E-state index contributed by atoms with van der Waals surface area (Å²) in [6, 6.07) is 5.05. The van der Waals surface area contributed by atoms with Gasteiger partial charge in [-0.2, -0.15) is 13.6 Å². The van der Waals surface area contributed by atoms with E-state index in [1.54, 1.807) is 0 Å². The second-order valence-corrected chi connectivity index (χ2v) is 3.57. The fourth-order valence-electron chi connectivity index (χ4n) is 0.786. The van der Waals surface area contributed by atoms with Crippen LogP contribution in [0.15, 0.2) is 24.3 Å². The minimum Gasteiger partial charge on any atom is -0.508 e. The zero-order chi connectivity index (χ0) is 10.8. The van der Waals surface area contributed by atoms with Gasteiger partial charge in [-0.3, -0.25) is 0 Å². The molecule has 0 aliphatic heterocycles. The molecule has 0 amide bonds. The number of rotatable bonds is 2. The summed E-state index contributed by atoms with van der Waals surface area (Å²) in [5, 5.41) is 13.5. The largest absolute Gasteiger partial charge is 0.508 e. The molecule has 0 aliphatic rings. The highest BCUT2D eigenvalue weighted by molar-refractivity contribution is 7.84. The SMILES string of the molecule is NS(=O)(=O)OC(=O)c1cccc(O)c1. The number of phenols is 1. The molecule has 0 aliphatic carbocycles. The van der Waals surface area contributed by atoms with Crippen LogP contribution in [0.3, 0.4) is 0 Å². The third-order valence-corrected chi connectivity index (χ3v) is 1.66. The average Bonchev–Trinajstić information content (AvgIpc) is 2.01. The van der Waals surface area contributed by atoms with E-state index >= 15 is 0 Å². The van der Waals surface area contributed by atoms with Gasteiger partial charge in [0.1, 0.15) is 5.75 Å². The van der Waals surface area contributed by atoms with Crippen LogP contribution < -0.4 is 5.14 Å². The highest BCUT2D eigenvalue weighted by atomic mass is 32.2. The van der Waals surface area contributed by atoms with Gasteiger partial charge in [-0.05, 0) is 18.2 Å². The molecular weight excluding hydrogens is 210 g/mol. The first-order valence-corrected chi connectivity index (χ1v) is 4.91. The molecule has 3 N–H and O–H groups in total. The summed E-state index contributed by atoms with van der Waals surface area (Å²) in [5.74, 6) is -1.31. The normalized spacial score (nSPS) is 10.9. The molecule has 0 saturated heterocycles. The Kier molecular flexibility index (Phi) is 2.73. The van der Waals surface area contributed by atoms with E-state index in [1.165, 1.54) is 18.2 Å². The van der Waals surface area contributed by atoms with Crippen molar-refractivity contribution in [1.29, 1.82) is 0 Å². The van der Waals surface area contributed by atoms with Gasteiger partial charge in [0.15, 0.2) is 0 Å². The van der Waals surface area contributed by atoms with Crippen molar-refractivity contribution in [3.63, 3.8) is 0 Å². The van der Waals surface area contributed by atoms with Gasteiger partial charge in [-0.15, -0.1) is 0 Å². The Labute approximate surface area is 80.2 Å². The lowest BCUT2D eigenvalue weighted by molar-refractivity contribution is 0.0746. The Hall–Kier alpha value is -1.60. The number of carbonyl (C=O) groups excluding carboxylic acids is 1. The Bertz CT molecular complexity index is 453. The fourth-order valence-corrected chi connectivity index (χ4v) is 1.09. The van der Waals surface area contributed by atoms with E-state index in [-0.39, 0.29) is 11.3 Å². The Morgan fingerprint density at radius 1 is 1.43 bits per heavy atom. The number of hydrogen-bond donors (Lipinski definition) is 2. The number of phenolic OH excluding ortho intramolecular Hbond substituents is 1. The molecule has 7 heteroatoms. The first-order valence-electron chi connectivity index (χ1n) is 3.44. The van der Waals surface area contributed by atoms with Crippen molar-refractivity contribution in [1.82, 2.24) is 0 Å². The molecule has 0 atom stereocenters. The van der Waals surface area contributed by atoms with Crippen molar-refractivity contribution in [2.45, 2.75) is 0 Å². The lowest BCUT2D eigenvalue weighted by atomic mass is 10.2. The Morgan fingerprint density at radius 2 is 2.07 bits per heavy atom. The van der Waals surface area contributed by atoms with Gasteiger partial charge in [0.25, 0.3) is 0 Å². The maximum Gasteiger partial charge on any atom is 0.382 e. The zero-order valence-electron chi connectivity index (χ0n) is 6.88. The molecule has 1 rings (SSSR count). The molecule has 76 valence electrons. The number of carbonyl (C=O) groups is 1. The molecule has 0 radical (unpaired) electrons. The minimum absolute atomic E-state index is 0.0981. The maximum atomic E-state index is 11.0. The quantitative estimate of drug-likeness (QED) is 0.710. The summed E-state index contributed by atoms with van der Waals surface area (Å²) in [6.07, 6.45) is 0.